The normalized spacial score (nSPS) is 19.3. The summed E-state index contributed by atoms with van der Waals surface area (Å²) >= 11 is 3.57. The van der Waals surface area contributed by atoms with Crippen molar-refractivity contribution in [2.75, 3.05) is 34.9 Å². The molecule has 1 aromatic heterocycles. The third kappa shape index (κ3) is 3.67. The molecule has 2 N–H and O–H groups in total. The zero-order valence-corrected chi connectivity index (χ0v) is 11.8. The van der Waals surface area contributed by atoms with Gasteiger partial charge in [-0.25, -0.2) is 9.97 Å². The predicted octanol–water partition coefficient (Wildman–Crippen LogP) is 2.55. The Morgan fingerprint density at radius 2 is 2.29 bits per heavy atom. The summed E-state index contributed by atoms with van der Waals surface area (Å²) in [6.45, 7) is 2.95. The Morgan fingerprint density at radius 1 is 1.47 bits per heavy atom. The molecule has 0 amide bonds. The molecule has 1 saturated heterocycles. The van der Waals surface area contributed by atoms with Crippen LogP contribution in [0, 0.1) is 0 Å². The van der Waals surface area contributed by atoms with E-state index in [2.05, 4.69) is 27.5 Å². The van der Waals surface area contributed by atoms with Crippen LogP contribution in [0.25, 0.3) is 0 Å². The highest BCUT2D eigenvalue weighted by Gasteiger charge is 2.16. The van der Waals surface area contributed by atoms with Crippen molar-refractivity contribution < 1.29 is 0 Å². The van der Waals surface area contributed by atoms with Crippen molar-refractivity contribution in [2.24, 2.45) is 0 Å². The van der Waals surface area contributed by atoms with Crippen molar-refractivity contribution in [3.8, 4) is 0 Å². The Hall–Kier alpha value is -0.620. The molecule has 0 aliphatic carbocycles. The third-order valence-corrected chi connectivity index (χ3v) is 4.24. The molecular formula is C11H18N4S2. The van der Waals surface area contributed by atoms with E-state index in [0.29, 0.717) is 6.04 Å². The average molecular weight is 270 g/mol. The maximum Gasteiger partial charge on any atom is 0.191 e. The summed E-state index contributed by atoms with van der Waals surface area (Å²) < 4.78 is 0. The number of aromatic nitrogens is 2. The first kappa shape index (κ1) is 12.8. The molecule has 0 spiro atoms. The number of anilines is 2. The minimum Gasteiger partial charge on any atom is -0.370 e. The second-order valence-corrected chi connectivity index (χ2v) is 5.78. The number of thioether (sulfide) groups is 2. The molecule has 1 fully saturated rings. The minimum absolute atomic E-state index is 0.555. The summed E-state index contributed by atoms with van der Waals surface area (Å²) in [4.78, 5) is 8.90. The summed E-state index contributed by atoms with van der Waals surface area (Å²) in [7, 11) is 0. The first-order chi connectivity index (χ1) is 8.31. The van der Waals surface area contributed by atoms with Crippen LogP contribution in [0.2, 0.25) is 0 Å². The Bertz CT molecular complexity index is 366. The summed E-state index contributed by atoms with van der Waals surface area (Å²) in [5.74, 6) is 4.26. The maximum absolute atomic E-state index is 4.49. The molecule has 6 heteroatoms. The number of hydrogen-bond acceptors (Lipinski definition) is 6. The Morgan fingerprint density at radius 3 is 2.94 bits per heavy atom. The number of nitrogens with zero attached hydrogens (tertiary/aromatic N) is 2. The summed E-state index contributed by atoms with van der Waals surface area (Å²) in [6, 6.07) is 2.55. The molecule has 94 valence electrons. The summed E-state index contributed by atoms with van der Waals surface area (Å²) in [5, 5.41) is 7.54. The van der Waals surface area contributed by atoms with E-state index in [1.165, 1.54) is 17.9 Å². The highest BCUT2D eigenvalue weighted by molar-refractivity contribution is 7.99. The first-order valence-electron chi connectivity index (χ1n) is 5.83. The van der Waals surface area contributed by atoms with E-state index in [1.807, 2.05) is 24.1 Å². The van der Waals surface area contributed by atoms with Gasteiger partial charge in [0, 0.05) is 24.4 Å². The van der Waals surface area contributed by atoms with Crippen LogP contribution in [0.15, 0.2) is 11.2 Å². The SMILES string of the molecule is CCNc1cc(NC2CCSC2)nc(SC)n1. The molecule has 17 heavy (non-hydrogen) atoms. The zero-order chi connectivity index (χ0) is 12.1. The van der Waals surface area contributed by atoms with E-state index in [-0.39, 0.29) is 0 Å². The lowest BCUT2D eigenvalue weighted by Gasteiger charge is -2.13. The van der Waals surface area contributed by atoms with E-state index in [1.54, 1.807) is 11.8 Å². The molecule has 1 aromatic rings. The van der Waals surface area contributed by atoms with Gasteiger partial charge in [-0.1, -0.05) is 11.8 Å². The molecule has 0 radical (unpaired) electrons. The van der Waals surface area contributed by atoms with E-state index in [0.717, 1.165) is 23.3 Å². The van der Waals surface area contributed by atoms with Crippen LogP contribution in [0.1, 0.15) is 13.3 Å². The van der Waals surface area contributed by atoms with Crippen molar-refractivity contribution in [3.63, 3.8) is 0 Å². The highest BCUT2D eigenvalue weighted by Crippen LogP contribution is 2.23. The van der Waals surface area contributed by atoms with Crippen LogP contribution >= 0.6 is 23.5 Å². The van der Waals surface area contributed by atoms with Gasteiger partial charge in [-0.2, -0.15) is 11.8 Å². The van der Waals surface area contributed by atoms with Crippen LogP contribution in [0.5, 0.6) is 0 Å². The fourth-order valence-electron chi connectivity index (χ4n) is 1.72. The molecule has 1 unspecified atom stereocenters. The second kappa shape index (κ2) is 6.35. The highest BCUT2D eigenvalue weighted by atomic mass is 32.2. The fraction of sp³-hybridized carbons (Fsp3) is 0.636. The molecule has 2 rings (SSSR count). The minimum atomic E-state index is 0.555. The van der Waals surface area contributed by atoms with Crippen LogP contribution < -0.4 is 10.6 Å². The number of nitrogens with one attached hydrogen (secondary N) is 2. The van der Waals surface area contributed by atoms with Crippen molar-refractivity contribution in [1.29, 1.82) is 0 Å². The van der Waals surface area contributed by atoms with Gasteiger partial charge >= 0.3 is 0 Å². The monoisotopic (exact) mass is 270 g/mol. The van der Waals surface area contributed by atoms with Crippen LogP contribution in [0.4, 0.5) is 11.6 Å². The molecule has 0 saturated carbocycles. The Labute approximate surface area is 111 Å². The molecule has 1 atom stereocenters. The molecule has 4 nitrogen and oxygen atoms in total. The summed E-state index contributed by atoms with van der Waals surface area (Å²) in [5.41, 5.74) is 0. The largest absolute Gasteiger partial charge is 0.370 e. The van der Waals surface area contributed by atoms with Gasteiger partial charge in [-0.05, 0) is 25.4 Å². The van der Waals surface area contributed by atoms with E-state index < -0.39 is 0 Å². The van der Waals surface area contributed by atoms with Crippen molar-refractivity contribution in [1.82, 2.24) is 9.97 Å². The van der Waals surface area contributed by atoms with Gasteiger partial charge in [-0.3, -0.25) is 0 Å². The zero-order valence-electron chi connectivity index (χ0n) is 10.2. The first-order valence-corrected chi connectivity index (χ1v) is 8.21. The molecule has 2 heterocycles. The molecule has 0 aromatic carbocycles. The standard InChI is InChI=1S/C11H18N4S2/c1-3-12-9-6-10(15-11(14-9)16-2)13-8-4-5-17-7-8/h6,8H,3-5,7H2,1-2H3,(H2,12,13,14,15). The van der Waals surface area contributed by atoms with Gasteiger partial charge < -0.3 is 10.6 Å². The van der Waals surface area contributed by atoms with Crippen LogP contribution in [-0.2, 0) is 0 Å². The lowest BCUT2D eigenvalue weighted by Crippen LogP contribution is -2.19. The predicted molar refractivity (Wildman–Crippen MR) is 77.3 cm³/mol. The van der Waals surface area contributed by atoms with Gasteiger partial charge in [0.25, 0.3) is 0 Å². The van der Waals surface area contributed by atoms with Gasteiger partial charge in [0.2, 0.25) is 0 Å². The molecule has 0 bridgehead atoms. The van der Waals surface area contributed by atoms with Crippen LogP contribution in [-0.4, -0.2) is 40.3 Å². The Kier molecular flexibility index (Phi) is 4.79. The third-order valence-electron chi connectivity index (χ3n) is 2.53. The van der Waals surface area contributed by atoms with E-state index in [4.69, 9.17) is 0 Å². The lowest BCUT2D eigenvalue weighted by molar-refractivity contribution is 0.798. The van der Waals surface area contributed by atoms with Gasteiger partial charge in [0.1, 0.15) is 11.6 Å². The molecule has 1 aliphatic heterocycles. The number of hydrogen-bond donors (Lipinski definition) is 2. The maximum atomic E-state index is 4.49. The molecule has 1 aliphatic rings. The van der Waals surface area contributed by atoms with E-state index in [9.17, 15) is 0 Å². The van der Waals surface area contributed by atoms with E-state index >= 15 is 0 Å². The second-order valence-electron chi connectivity index (χ2n) is 3.86. The smallest absolute Gasteiger partial charge is 0.191 e. The summed E-state index contributed by atoms with van der Waals surface area (Å²) in [6.07, 6.45) is 3.22. The molecular weight excluding hydrogens is 252 g/mol. The van der Waals surface area contributed by atoms with Crippen LogP contribution in [0.3, 0.4) is 0 Å². The average Bonchev–Trinajstić information content (AvgIpc) is 2.82. The topological polar surface area (TPSA) is 49.8 Å². The fourth-order valence-corrected chi connectivity index (χ4v) is 3.25. The number of rotatable bonds is 5. The van der Waals surface area contributed by atoms with Gasteiger partial charge in [0.15, 0.2) is 5.16 Å². The Balaban J connectivity index is 2.10. The van der Waals surface area contributed by atoms with Crippen molar-refractivity contribution in [2.45, 2.75) is 24.5 Å². The van der Waals surface area contributed by atoms with Crippen molar-refractivity contribution >= 4 is 35.2 Å². The lowest BCUT2D eigenvalue weighted by atomic mass is 10.2. The van der Waals surface area contributed by atoms with Gasteiger partial charge in [-0.15, -0.1) is 0 Å². The quantitative estimate of drug-likeness (QED) is 0.633. The van der Waals surface area contributed by atoms with Gasteiger partial charge in [0.05, 0.1) is 0 Å². The van der Waals surface area contributed by atoms with Crippen molar-refractivity contribution in [3.05, 3.63) is 6.07 Å².